The Kier molecular flexibility index (Phi) is 3.32. The Morgan fingerprint density at radius 3 is 2.33 bits per heavy atom. The molecule has 0 amide bonds. The quantitative estimate of drug-likeness (QED) is 0.805. The number of nitrogens with zero attached hydrogens (tertiary/aromatic N) is 1. The van der Waals surface area contributed by atoms with Crippen molar-refractivity contribution in [2.75, 3.05) is 0 Å². The van der Waals surface area contributed by atoms with Crippen LogP contribution in [0.3, 0.4) is 0 Å². The van der Waals surface area contributed by atoms with Crippen molar-refractivity contribution < 1.29 is 5.11 Å². The Morgan fingerprint density at radius 1 is 1.42 bits per heavy atom. The minimum Gasteiger partial charge on any atom is -0.393 e. The van der Waals surface area contributed by atoms with E-state index in [0.29, 0.717) is 16.5 Å². The molecule has 1 rings (SSSR count). The standard InChI is InChI=1S/C8H9Cl2NO/c1-5(12)2-6-7(9)3-11-4-8(6)10/h3-5,12H,2H2,1H3/t5-/m1/s1. The van der Waals surface area contributed by atoms with Gasteiger partial charge in [-0.25, -0.2) is 0 Å². The highest BCUT2D eigenvalue weighted by molar-refractivity contribution is 6.35. The third-order valence-electron chi connectivity index (χ3n) is 1.45. The molecule has 0 bridgehead atoms. The van der Waals surface area contributed by atoms with E-state index >= 15 is 0 Å². The highest BCUT2D eigenvalue weighted by Gasteiger charge is 2.08. The molecule has 0 aromatic carbocycles. The zero-order valence-corrected chi connectivity index (χ0v) is 8.10. The van der Waals surface area contributed by atoms with Gasteiger partial charge in [-0.2, -0.15) is 0 Å². The first kappa shape index (κ1) is 9.78. The lowest BCUT2D eigenvalue weighted by atomic mass is 10.1. The number of rotatable bonds is 2. The third kappa shape index (κ3) is 2.34. The molecule has 0 radical (unpaired) electrons. The first-order valence-corrected chi connectivity index (χ1v) is 4.32. The van der Waals surface area contributed by atoms with Gasteiger partial charge in [0.15, 0.2) is 0 Å². The zero-order chi connectivity index (χ0) is 9.14. The molecule has 0 aliphatic rings. The smallest absolute Gasteiger partial charge is 0.0637 e. The van der Waals surface area contributed by atoms with Crippen LogP contribution in [0.15, 0.2) is 12.4 Å². The summed E-state index contributed by atoms with van der Waals surface area (Å²) in [5.74, 6) is 0. The molecule has 0 spiro atoms. The second kappa shape index (κ2) is 4.08. The zero-order valence-electron chi connectivity index (χ0n) is 6.59. The van der Waals surface area contributed by atoms with Gasteiger partial charge < -0.3 is 5.11 Å². The molecule has 0 saturated carbocycles. The van der Waals surface area contributed by atoms with Gasteiger partial charge in [-0.15, -0.1) is 0 Å². The molecular formula is C8H9Cl2NO. The van der Waals surface area contributed by atoms with Crippen molar-refractivity contribution in [2.24, 2.45) is 0 Å². The fourth-order valence-corrected chi connectivity index (χ4v) is 1.45. The van der Waals surface area contributed by atoms with Crippen molar-refractivity contribution in [3.63, 3.8) is 0 Å². The molecule has 0 aliphatic heterocycles. The average Bonchev–Trinajstić information content (AvgIpc) is 1.97. The predicted molar refractivity (Wildman–Crippen MR) is 49.6 cm³/mol. The van der Waals surface area contributed by atoms with Gasteiger partial charge in [0, 0.05) is 18.8 Å². The molecule has 1 aromatic heterocycles. The number of hydrogen-bond donors (Lipinski definition) is 1. The van der Waals surface area contributed by atoms with Gasteiger partial charge in [0.2, 0.25) is 0 Å². The van der Waals surface area contributed by atoms with Crippen molar-refractivity contribution in [1.82, 2.24) is 4.98 Å². The van der Waals surface area contributed by atoms with Gasteiger partial charge in [0.25, 0.3) is 0 Å². The van der Waals surface area contributed by atoms with Crippen molar-refractivity contribution in [2.45, 2.75) is 19.4 Å². The minimum atomic E-state index is -0.442. The van der Waals surface area contributed by atoms with Crippen LogP contribution in [0.25, 0.3) is 0 Å². The van der Waals surface area contributed by atoms with Crippen LogP contribution in [0.4, 0.5) is 0 Å². The molecule has 1 heterocycles. The van der Waals surface area contributed by atoms with Crippen LogP contribution in [0.1, 0.15) is 12.5 Å². The van der Waals surface area contributed by atoms with E-state index in [-0.39, 0.29) is 0 Å². The van der Waals surface area contributed by atoms with Crippen molar-refractivity contribution >= 4 is 23.2 Å². The molecule has 4 heteroatoms. The molecule has 12 heavy (non-hydrogen) atoms. The fraction of sp³-hybridized carbons (Fsp3) is 0.375. The summed E-state index contributed by atoms with van der Waals surface area (Å²) in [6, 6.07) is 0. The predicted octanol–water partition coefficient (Wildman–Crippen LogP) is 2.31. The van der Waals surface area contributed by atoms with E-state index < -0.39 is 6.10 Å². The van der Waals surface area contributed by atoms with Gasteiger partial charge in [-0.1, -0.05) is 23.2 Å². The molecule has 2 nitrogen and oxygen atoms in total. The molecule has 0 unspecified atom stereocenters. The maximum Gasteiger partial charge on any atom is 0.0637 e. The van der Waals surface area contributed by atoms with Gasteiger partial charge in [-0.3, -0.25) is 4.98 Å². The molecule has 0 fully saturated rings. The summed E-state index contributed by atoms with van der Waals surface area (Å²) in [6.07, 6.45) is 3.05. The summed E-state index contributed by atoms with van der Waals surface area (Å²) >= 11 is 11.6. The normalized spacial score (nSPS) is 13.0. The lowest BCUT2D eigenvalue weighted by Crippen LogP contribution is -2.05. The number of pyridine rings is 1. The average molecular weight is 206 g/mol. The van der Waals surface area contributed by atoms with Gasteiger partial charge in [0.05, 0.1) is 16.1 Å². The number of aliphatic hydroxyl groups is 1. The topological polar surface area (TPSA) is 33.1 Å². The van der Waals surface area contributed by atoms with Crippen molar-refractivity contribution in [1.29, 1.82) is 0 Å². The summed E-state index contributed by atoms with van der Waals surface area (Å²) in [7, 11) is 0. The van der Waals surface area contributed by atoms with Crippen LogP contribution in [0, 0.1) is 0 Å². The van der Waals surface area contributed by atoms with Gasteiger partial charge in [0.1, 0.15) is 0 Å². The molecule has 1 atom stereocenters. The highest BCUT2D eigenvalue weighted by Crippen LogP contribution is 2.23. The highest BCUT2D eigenvalue weighted by atomic mass is 35.5. The van der Waals surface area contributed by atoms with Gasteiger partial charge in [-0.05, 0) is 12.5 Å². The largest absolute Gasteiger partial charge is 0.393 e. The number of hydrogen-bond acceptors (Lipinski definition) is 2. The van der Waals surface area contributed by atoms with E-state index in [1.165, 1.54) is 12.4 Å². The Labute approximate surface area is 81.1 Å². The molecule has 1 N–H and O–H groups in total. The minimum absolute atomic E-state index is 0.442. The number of aromatic nitrogens is 1. The van der Waals surface area contributed by atoms with Crippen molar-refractivity contribution in [3.8, 4) is 0 Å². The molecule has 0 saturated heterocycles. The summed E-state index contributed by atoms with van der Waals surface area (Å²) < 4.78 is 0. The van der Waals surface area contributed by atoms with E-state index in [9.17, 15) is 0 Å². The Balaban J connectivity index is 2.96. The van der Waals surface area contributed by atoms with Gasteiger partial charge >= 0.3 is 0 Å². The van der Waals surface area contributed by atoms with Crippen LogP contribution in [-0.2, 0) is 6.42 Å². The van der Waals surface area contributed by atoms with Crippen LogP contribution < -0.4 is 0 Å². The SMILES string of the molecule is C[C@@H](O)Cc1c(Cl)cncc1Cl. The third-order valence-corrected chi connectivity index (χ3v) is 2.10. The second-order valence-corrected chi connectivity index (χ2v) is 3.45. The summed E-state index contributed by atoms with van der Waals surface area (Å²) in [5, 5.41) is 10.1. The first-order valence-electron chi connectivity index (χ1n) is 3.57. The monoisotopic (exact) mass is 205 g/mol. The Hall–Kier alpha value is -0.310. The molecule has 66 valence electrons. The molecular weight excluding hydrogens is 197 g/mol. The van der Waals surface area contributed by atoms with Crippen molar-refractivity contribution in [3.05, 3.63) is 28.0 Å². The van der Waals surface area contributed by atoms with Crippen LogP contribution in [0.5, 0.6) is 0 Å². The molecule has 0 aliphatic carbocycles. The van der Waals surface area contributed by atoms with Crippen LogP contribution in [-0.4, -0.2) is 16.2 Å². The Morgan fingerprint density at radius 2 is 1.92 bits per heavy atom. The number of halogens is 2. The van der Waals surface area contributed by atoms with Crippen LogP contribution >= 0.6 is 23.2 Å². The number of aliphatic hydroxyl groups excluding tert-OH is 1. The summed E-state index contributed by atoms with van der Waals surface area (Å²) in [5.41, 5.74) is 0.753. The summed E-state index contributed by atoms with van der Waals surface area (Å²) in [6.45, 7) is 1.69. The van der Waals surface area contributed by atoms with E-state index in [0.717, 1.165) is 5.56 Å². The second-order valence-electron chi connectivity index (χ2n) is 2.63. The maximum absolute atomic E-state index is 9.12. The molecule has 1 aromatic rings. The van der Waals surface area contributed by atoms with E-state index in [2.05, 4.69) is 4.98 Å². The Bertz CT molecular complexity index is 256. The fourth-order valence-electron chi connectivity index (χ4n) is 0.928. The lowest BCUT2D eigenvalue weighted by molar-refractivity contribution is 0.195. The van der Waals surface area contributed by atoms with E-state index in [1.807, 2.05) is 0 Å². The van der Waals surface area contributed by atoms with E-state index in [1.54, 1.807) is 6.92 Å². The summed E-state index contributed by atoms with van der Waals surface area (Å²) in [4.78, 5) is 3.81. The van der Waals surface area contributed by atoms with E-state index in [4.69, 9.17) is 28.3 Å². The lowest BCUT2D eigenvalue weighted by Gasteiger charge is -2.07. The first-order chi connectivity index (χ1) is 5.61. The maximum atomic E-state index is 9.12. The van der Waals surface area contributed by atoms with Crippen LogP contribution in [0.2, 0.25) is 10.0 Å².